The molecule has 0 aliphatic heterocycles. The molecule has 126 valence electrons. The molecular weight excluding hydrogens is 310 g/mol. The van der Waals surface area contributed by atoms with Gasteiger partial charge in [0.15, 0.2) is 0 Å². The molecule has 1 aliphatic carbocycles. The Hall–Kier alpha value is -2.64. The molecule has 0 spiro atoms. The second-order valence-electron chi connectivity index (χ2n) is 6.76. The Morgan fingerprint density at radius 1 is 1.24 bits per heavy atom. The molecule has 1 atom stereocenters. The minimum atomic E-state index is 0.125. The van der Waals surface area contributed by atoms with Crippen molar-refractivity contribution < 1.29 is 4.74 Å². The molecule has 1 fully saturated rings. The van der Waals surface area contributed by atoms with Crippen molar-refractivity contribution in [2.24, 2.45) is 5.92 Å². The zero-order valence-electron chi connectivity index (χ0n) is 14.4. The number of fused-ring (bicyclic) bond motifs is 1. The van der Waals surface area contributed by atoms with Gasteiger partial charge in [0.25, 0.3) is 0 Å². The normalized spacial score (nSPS) is 15.2. The summed E-state index contributed by atoms with van der Waals surface area (Å²) in [5.74, 6) is 1.65. The van der Waals surface area contributed by atoms with E-state index in [0.29, 0.717) is 12.2 Å². The van der Waals surface area contributed by atoms with Crippen molar-refractivity contribution in [2.75, 3.05) is 6.61 Å². The van der Waals surface area contributed by atoms with E-state index in [2.05, 4.69) is 41.8 Å². The molecule has 3 aromatic rings. The number of nitriles is 1. The molecule has 1 heterocycles. The van der Waals surface area contributed by atoms with Crippen LogP contribution in [0, 0.1) is 17.2 Å². The van der Waals surface area contributed by atoms with Crippen LogP contribution in [0.15, 0.2) is 48.5 Å². The van der Waals surface area contributed by atoms with Crippen LogP contribution in [0.5, 0.6) is 0 Å². The molecule has 2 aromatic carbocycles. The summed E-state index contributed by atoms with van der Waals surface area (Å²) in [6.07, 6.45) is 2.56. The van der Waals surface area contributed by atoms with Gasteiger partial charge >= 0.3 is 0 Å². The minimum absolute atomic E-state index is 0.125. The Kier molecular flexibility index (Phi) is 4.25. The maximum atomic E-state index is 9.26. The largest absolute Gasteiger partial charge is 0.373 e. The molecule has 1 saturated carbocycles. The van der Waals surface area contributed by atoms with Crippen molar-refractivity contribution in [3.8, 4) is 6.07 Å². The van der Waals surface area contributed by atoms with Gasteiger partial charge in [-0.3, -0.25) is 0 Å². The van der Waals surface area contributed by atoms with Gasteiger partial charge in [0.1, 0.15) is 12.4 Å². The molecular formula is C21H21N3O. The van der Waals surface area contributed by atoms with E-state index in [1.165, 1.54) is 18.4 Å². The third kappa shape index (κ3) is 3.29. The van der Waals surface area contributed by atoms with Crippen molar-refractivity contribution in [3.05, 3.63) is 65.5 Å². The van der Waals surface area contributed by atoms with Gasteiger partial charge in [0.2, 0.25) is 0 Å². The van der Waals surface area contributed by atoms with Gasteiger partial charge in [-0.1, -0.05) is 30.3 Å². The highest BCUT2D eigenvalue weighted by molar-refractivity contribution is 5.78. The summed E-state index contributed by atoms with van der Waals surface area (Å²) in [6.45, 7) is 3.48. The third-order valence-electron chi connectivity index (χ3n) is 4.84. The highest BCUT2D eigenvalue weighted by Crippen LogP contribution is 2.30. The maximum absolute atomic E-state index is 9.26. The highest BCUT2D eigenvalue weighted by Gasteiger charge is 2.22. The number of benzene rings is 2. The fourth-order valence-electron chi connectivity index (χ4n) is 3.23. The monoisotopic (exact) mass is 331 g/mol. The molecule has 0 saturated heterocycles. The van der Waals surface area contributed by atoms with Crippen LogP contribution in [0.1, 0.15) is 42.8 Å². The first kappa shape index (κ1) is 15.9. The van der Waals surface area contributed by atoms with E-state index in [4.69, 9.17) is 9.72 Å². The average molecular weight is 331 g/mol. The van der Waals surface area contributed by atoms with Crippen molar-refractivity contribution in [2.45, 2.75) is 32.4 Å². The number of hydrogen-bond acceptors (Lipinski definition) is 3. The van der Waals surface area contributed by atoms with Crippen molar-refractivity contribution in [1.29, 1.82) is 5.26 Å². The molecule has 0 N–H and O–H groups in total. The second-order valence-corrected chi connectivity index (χ2v) is 6.76. The van der Waals surface area contributed by atoms with Gasteiger partial charge in [-0.05, 0) is 49.4 Å². The van der Waals surface area contributed by atoms with Crippen LogP contribution in [0.2, 0.25) is 0 Å². The minimum Gasteiger partial charge on any atom is -0.373 e. The zero-order valence-corrected chi connectivity index (χ0v) is 14.4. The standard InChI is InChI=1S/C21H21N3O/c1-15(18-5-3-2-4-6-18)24-20-11-17(12-22)9-10-19(20)23-21(24)14-25-13-16-7-8-16/h2-6,9-11,15-16H,7-8,13-14H2,1H3/t15-/m0/s1. The lowest BCUT2D eigenvalue weighted by Gasteiger charge is -2.18. The van der Waals surface area contributed by atoms with Gasteiger partial charge in [0.05, 0.1) is 28.7 Å². The van der Waals surface area contributed by atoms with E-state index in [0.717, 1.165) is 29.4 Å². The van der Waals surface area contributed by atoms with Gasteiger partial charge in [-0.25, -0.2) is 4.98 Å². The fraction of sp³-hybridized carbons (Fsp3) is 0.333. The van der Waals surface area contributed by atoms with Gasteiger partial charge < -0.3 is 9.30 Å². The van der Waals surface area contributed by atoms with E-state index in [1.807, 2.05) is 24.3 Å². The topological polar surface area (TPSA) is 50.8 Å². The van der Waals surface area contributed by atoms with Crippen LogP contribution in [0.4, 0.5) is 0 Å². The first-order chi connectivity index (χ1) is 12.3. The Morgan fingerprint density at radius 2 is 2.04 bits per heavy atom. The Labute approximate surface area is 147 Å². The summed E-state index contributed by atoms with van der Waals surface area (Å²) in [4.78, 5) is 4.78. The molecule has 0 amide bonds. The lowest BCUT2D eigenvalue weighted by Crippen LogP contribution is -2.12. The van der Waals surface area contributed by atoms with Crippen LogP contribution in [0.25, 0.3) is 11.0 Å². The van der Waals surface area contributed by atoms with E-state index in [9.17, 15) is 5.26 Å². The predicted octanol–water partition coefficient (Wildman–Crippen LogP) is 4.44. The molecule has 25 heavy (non-hydrogen) atoms. The number of nitrogens with zero attached hydrogens (tertiary/aromatic N) is 3. The first-order valence-electron chi connectivity index (χ1n) is 8.80. The van der Waals surface area contributed by atoms with Crippen LogP contribution in [-0.4, -0.2) is 16.2 Å². The number of aromatic nitrogens is 2. The number of ether oxygens (including phenoxy) is 1. The lowest BCUT2D eigenvalue weighted by atomic mass is 10.1. The Morgan fingerprint density at radius 3 is 2.76 bits per heavy atom. The van der Waals surface area contributed by atoms with Crippen LogP contribution in [-0.2, 0) is 11.3 Å². The highest BCUT2D eigenvalue weighted by atomic mass is 16.5. The summed E-state index contributed by atoms with van der Waals surface area (Å²) in [7, 11) is 0. The van der Waals surface area contributed by atoms with Crippen molar-refractivity contribution >= 4 is 11.0 Å². The fourth-order valence-corrected chi connectivity index (χ4v) is 3.23. The SMILES string of the molecule is C[C@@H](c1ccccc1)n1c(COCC2CC2)nc2ccc(C#N)cc21. The van der Waals surface area contributed by atoms with Gasteiger partial charge in [0, 0.05) is 6.61 Å². The molecule has 4 rings (SSSR count). The summed E-state index contributed by atoms with van der Waals surface area (Å²) in [5, 5.41) is 9.26. The van der Waals surface area contributed by atoms with E-state index in [-0.39, 0.29) is 6.04 Å². The lowest BCUT2D eigenvalue weighted by molar-refractivity contribution is 0.103. The zero-order chi connectivity index (χ0) is 17.2. The quantitative estimate of drug-likeness (QED) is 0.671. The van der Waals surface area contributed by atoms with E-state index < -0.39 is 0 Å². The summed E-state index contributed by atoms with van der Waals surface area (Å²) in [5.41, 5.74) is 3.76. The van der Waals surface area contributed by atoms with Gasteiger partial charge in [-0.15, -0.1) is 0 Å². The van der Waals surface area contributed by atoms with Crippen molar-refractivity contribution in [3.63, 3.8) is 0 Å². The summed E-state index contributed by atoms with van der Waals surface area (Å²) < 4.78 is 8.11. The smallest absolute Gasteiger partial charge is 0.136 e. The van der Waals surface area contributed by atoms with Crippen LogP contribution in [0.3, 0.4) is 0 Å². The number of imidazole rings is 1. The molecule has 0 bridgehead atoms. The predicted molar refractivity (Wildman–Crippen MR) is 97.1 cm³/mol. The maximum Gasteiger partial charge on any atom is 0.136 e. The average Bonchev–Trinajstić information content (AvgIpc) is 3.41. The number of rotatable bonds is 6. The molecule has 0 unspecified atom stereocenters. The Balaban J connectivity index is 1.75. The molecule has 4 nitrogen and oxygen atoms in total. The molecule has 1 aromatic heterocycles. The van der Waals surface area contributed by atoms with Crippen LogP contribution >= 0.6 is 0 Å². The van der Waals surface area contributed by atoms with Crippen molar-refractivity contribution in [1.82, 2.24) is 9.55 Å². The third-order valence-corrected chi connectivity index (χ3v) is 4.84. The number of hydrogen-bond donors (Lipinski definition) is 0. The Bertz CT molecular complexity index is 919. The summed E-state index contributed by atoms with van der Waals surface area (Å²) in [6, 6.07) is 18.4. The van der Waals surface area contributed by atoms with Gasteiger partial charge in [-0.2, -0.15) is 5.26 Å². The van der Waals surface area contributed by atoms with Crippen LogP contribution < -0.4 is 0 Å². The van der Waals surface area contributed by atoms with E-state index in [1.54, 1.807) is 0 Å². The molecule has 1 aliphatic rings. The first-order valence-corrected chi connectivity index (χ1v) is 8.80. The molecule has 4 heteroatoms. The second kappa shape index (κ2) is 6.70. The van der Waals surface area contributed by atoms with E-state index >= 15 is 0 Å². The summed E-state index contributed by atoms with van der Waals surface area (Å²) >= 11 is 0. The molecule has 0 radical (unpaired) electrons.